The second-order valence-corrected chi connectivity index (χ2v) is 4.90. The largest absolute Gasteiger partial charge is 0.394 e. The molecule has 1 aliphatic rings. The monoisotopic (exact) mass is 301 g/mol. The summed E-state index contributed by atoms with van der Waals surface area (Å²) in [5, 5.41) is 47.2. The van der Waals surface area contributed by atoms with Crippen LogP contribution in [-0.2, 0) is 11.3 Å². The van der Waals surface area contributed by atoms with E-state index in [-0.39, 0.29) is 18.7 Å². The summed E-state index contributed by atoms with van der Waals surface area (Å²) in [6, 6.07) is 0. The molecule has 1 aromatic heterocycles. The highest BCUT2D eigenvalue weighted by Gasteiger charge is 2.35. The molecule has 0 saturated carbocycles. The zero-order valence-electron chi connectivity index (χ0n) is 11.2. The number of β-amino-alcohol motifs (C(OH)–C–C–N with tert-alkyl or cyclic N) is 1. The molecule has 0 amide bonds. The molecule has 2 heterocycles. The summed E-state index contributed by atoms with van der Waals surface area (Å²) >= 11 is 0. The molecule has 0 aliphatic carbocycles. The van der Waals surface area contributed by atoms with E-state index < -0.39 is 37.1 Å². The van der Waals surface area contributed by atoms with Crippen LogP contribution < -0.4 is 5.48 Å². The number of rotatable bonds is 6. The van der Waals surface area contributed by atoms with Crippen LogP contribution in [-0.4, -0.2) is 73.1 Å². The SMILES string of the molecule is OCC(O)C(O)Cc1cnc(C(O)C2ONCC2O)cn1. The maximum Gasteiger partial charge on any atom is 0.138 e. The van der Waals surface area contributed by atoms with E-state index in [4.69, 9.17) is 9.94 Å². The van der Waals surface area contributed by atoms with Gasteiger partial charge in [0.15, 0.2) is 0 Å². The van der Waals surface area contributed by atoms with Crippen LogP contribution in [0.15, 0.2) is 12.4 Å². The first kappa shape index (κ1) is 16.2. The van der Waals surface area contributed by atoms with Crippen molar-refractivity contribution in [1.29, 1.82) is 0 Å². The molecule has 0 aromatic carbocycles. The third-order valence-corrected chi connectivity index (χ3v) is 3.28. The fourth-order valence-electron chi connectivity index (χ4n) is 1.96. The molecule has 0 bridgehead atoms. The highest BCUT2D eigenvalue weighted by molar-refractivity contribution is 5.08. The van der Waals surface area contributed by atoms with E-state index in [1.165, 1.54) is 12.4 Å². The summed E-state index contributed by atoms with van der Waals surface area (Å²) in [6.07, 6.45) is -2.52. The molecular formula is C12H19N3O6. The lowest BCUT2D eigenvalue weighted by molar-refractivity contribution is -0.0752. The summed E-state index contributed by atoms with van der Waals surface area (Å²) in [5.74, 6) is 0. The third kappa shape index (κ3) is 3.92. The van der Waals surface area contributed by atoms with Crippen LogP contribution in [0, 0.1) is 0 Å². The third-order valence-electron chi connectivity index (χ3n) is 3.28. The maximum absolute atomic E-state index is 10.0. The minimum absolute atomic E-state index is 0.0230. The molecular weight excluding hydrogens is 282 g/mol. The van der Waals surface area contributed by atoms with Crippen molar-refractivity contribution in [3.63, 3.8) is 0 Å². The van der Waals surface area contributed by atoms with E-state index in [9.17, 15) is 20.4 Å². The van der Waals surface area contributed by atoms with E-state index in [0.717, 1.165) is 0 Å². The molecule has 0 spiro atoms. The van der Waals surface area contributed by atoms with E-state index >= 15 is 0 Å². The molecule has 1 aromatic rings. The highest BCUT2D eigenvalue weighted by Crippen LogP contribution is 2.21. The fraction of sp³-hybridized carbons (Fsp3) is 0.667. The smallest absolute Gasteiger partial charge is 0.138 e. The second kappa shape index (κ2) is 7.18. The number of hydrogen-bond donors (Lipinski definition) is 6. The van der Waals surface area contributed by atoms with Gasteiger partial charge in [0.25, 0.3) is 0 Å². The quantitative estimate of drug-likeness (QED) is 0.324. The molecule has 21 heavy (non-hydrogen) atoms. The first-order chi connectivity index (χ1) is 10.0. The predicted octanol–water partition coefficient (Wildman–Crippen LogP) is -2.97. The fourth-order valence-corrected chi connectivity index (χ4v) is 1.96. The van der Waals surface area contributed by atoms with Gasteiger partial charge in [0, 0.05) is 19.2 Å². The lowest BCUT2D eigenvalue weighted by Gasteiger charge is -2.19. The van der Waals surface area contributed by atoms with Crippen molar-refractivity contribution in [2.45, 2.75) is 36.9 Å². The molecule has 9 nitrogen and oxygen atoms in total. The topological polar surface area (TPSA) is 148 Å². The lowest BCUT2D eigenvalue weighted by Crippen LogP contribution is -2.32. The summed E-state index contributed by atoms with van der Waals surface area (Å²) in [6.45, 7) is -0.326. The van der Waals surface area contributed by atoms with Gasteiger partial charge in [-0.3, -0.25) is 14.8 Å². The van der Waals surface area contributed by atoms with Gasteiger partial charge in [0.05, 0.1) is 36.4 Å². The summed E-state index contributed by atoms with van der Waals surface area (Å²) in [5.41, 5.74) is 3.11. The van der Waals surface area contributed by atoms with Crippen molar-refractivity contribution in [1.82, 2.24) is 15.4 Å². The van der Waals surface area contributed by atoms with Crippen molar-refractivity contribution in [2.75, 3.05) is 13.2 Å². The first-order valence-electron chi connectivity index (χ1n) is 6.55. The number of nitrogens with one attached hydrogen (secondary N) is 1. The van der Waals surface area contributed by atoms with Crippen LogP contribution in [0.2, 0.25) is 0 Å². The summed E-state index contributed by atoms with van der Waals surface area (Å²) in [4.78, 5) is 13.0. The van der Waals surface area contributed by atoms with E-state index in [1.54, 1.807) is 0 Å². The van der Waals surface area contributed by atoms with E-state index in [2.05, 4.69) is 15.4 Å². The minimum atomic E-state index is -1.25. The molecule has 1 aliphatic heterocycles. The minimum Gasteiger partial charge on any atom is -0.394 e. The van der Waals surface area contributed by atoms with Gasteiger partial charge in [-0.25, -0.2) is 0 Å². The Morgan fingerprint density at radius 2 is 2.00 bits per heavy atom. The first-order valence-corrected chi connectivity index (χ1v) is 6.55. The van der Waals surface area contributed by atoms with Crippen LogP contribution in [0.25, 0.3) is 0 Å². The Morgan fingerprint density at radius 3 is 2.52 bits per heavy atom. The van der Waals surface area contributed by atoms with Crippen LogP contribution in [0.3, 0.4) is 0 Å². The van der Waals surface area contributed by atoms with Gasteiger partial charge < -0.3 is 25.5 Å². The normalized spacial score (nSPS) is 26.5. The van der Waals surface area contributed by atoms with E-state index in [1.807, 2.05) is 0 Å². The van der Waals surface area contributed by atoms with Crippen molar-refractivity contribution in [2.24, 2.45) is 0 Å². The molecule has 118 valence electrons. The summed E-state index contributed by atoms with van der Waals surface area (Å²) < 4.78 is 0. The molecule has 2 rings (SSSR count). The average molecular weight is 301 g/mol. The van der Waals surface area contributed by atoms with Gasteiger partial charge in [0.2, 0.25) is 0 Å². The van der Waals surface area contributed by atoms with E-state index in [0.29, 0.717) is 5.69 Å². The van der Waals surface area contributed by atoms with Crippen molar-refractivity contribution >= 4 is 0 Å². The van der Waals surface area contributed by atoms with Gasteiger partial charge in [-0.05, 0) is 0 Å². The zero-order valence-corrected chi connectivity index (χ0v) is 11.2. The number of nitrogens with zero attached hydrogens (tertiary/aromatic N) is 2. The Bertz CT molecular complexity index is 445. The average Bonchev–Trinajstić information content (AvgIpc) is 2.92. The van der Waals surface area contributed by atoms with Crippen molar-refractivity contribution in [3.8, 4) is 0 Å². The molecule has 5 atom stereocenters. The maximum atomic E-state index is 10.0. The van der Waals surface area contributed by atoms with Crippen LogP contribution in [0.5, 0.6) is 0 Å². The van der Waals surface area contributed by atoms with Crippen LogP contribution in [0.4, 0.5) is 0 Å². The van der Waals surface area contributed by atoms with Crippen LogP contribution in [0.1, 0.15) is 17.5 Å². The zero-order chi connectivity index (χ0) is 15.4. The Hall–Kier alpha value is -1.20. The standard InChI is InChI=1S/C12H19N3O6/c16-5-10(19)8(17)1-6-2-14-7(3-13-6)11(20)12-9(18)4-15-21-12/h2-3,8-12,15-20H,1,4-5H2. The molecule has 6 N–H and O–H groups in total. The van der Waals surface area contributed by atoms with Gasteiger partial charge in [-0.2, -0.15) is 5.48 Å². The number of hydroxylamine groups is 1. The molecule has 1 saturated heterocycles. The number of aliphatic hydroxyl groups excluding tert-OH is 5. The van der Waals surface area contributed by atoms with Crippen molar-refractivity contribution in [3.05, 3.63) is 23.8 Å². The Morgan fingerprint density at radius 1 is 1.24 bits per heavy atom. The second-order valence-electron chi connectivity index (χ2n) is 4.90. The molecule has 0 radical (unpaired) electrons. The molecule has 1 fully saturated rings. The summed E-state index contributed by atoms with van der Waals surface area (Å²) in [7, 11) is 0. The Balaban J connectivity index is 1.98. The molecule has 5 unspecified atom stereocenters. The van der Waals surface area contributed by atoms with Gasteiger partial charge in [0.1, 0.15) is 18.3 Å². The molecule has 9 heteroatoms. The Labute approximate surface area is 120 Å². The van der Waals surface area contributed by atoms with Gasteiger partial charge in [-0.1, -0.05) is 0 Å². The van der Waals surface area contributed by atoms with Crippen molar-refractivity contribution < 1.29 is 30.4 Å². The predicted molar refractivity (Wildman–Crippen MR) is 68.7 cm³/mol. The van der Waals surface area contributed by atoms with Gasteiger partial charge >= 0.3 is 0 Å². The van der Waals surface area contributed by atoms with Gasteiger partial charge in [-0.15, -0.1) is 0 Å². The number of hydrogen-bond acceptors (Lipinski definition) is 9. The lowest BCUT2D eigenvalue weighted by atomic mass is 10.1. The Kier molecular flexibility index (Phi) is 5.53. The highest BCUT2D eigenvalue weighted by atomic mass is 16.7. The van der Waals surface area contributed by atoms with Crippen LogP contribution >= 0.6 is 0 Å². The number of aliphatic hydroxyl groups is 5. The number of aromatic nitrogens is 2.